The van der Waals surface area contributed by atoms with Crippen LogP contribution in [0.5, 0.6) is 0 Å². The van der Waals surface area contributed by atoms with E-state index in [1.165, 1.54) is 11.8 Å². The standard InChI is InChI=1S/C19H15ClN6OS/c20-14-6-4-13(5-7-14)11-22-18(27)12-28-19-24-23-17-9-8-16(25-26(17)19)15-3-1-2-10-21-15/h1-10H,11-12H2,(H,22,27). The zero-order valence-electron chi connectivity index (χ0n) is 14.6. The minimum absolute atomic E-state index is 0.0995. The highest BCUT2D eigenvalue weighted by molar-refractivity contribution is 7.99. The van der Waals surface area contributed by atoms with Gasteiger partial charge >= 0.3 is 0 Å². The Morgan fingerprint density at radius 3 is 2.68 bits per heavy atom. The highest BCUT2D eigenvalue weighted by Gasteiger charge is 2.12. The number of aromatic nitrogens is 5. The van der Waals surface area contributed by atoms with Gasteiger partial charge in [0.2, 0.25) is 11.1 Å². The number of halogens is 1. The molecule has 3 aromatic heterocycles. The first kappa shape index (κ1) is 18.4. The van der Waals surface area contributed by atoms with Gasteiger partial charge in [-0.3, -0.25) is 9.78 Å². The van der Waals surface area contributed by atoms with Crippen LogP contribution in [0.25, 0.3) is 17.0 Å². The molecular weight excluding hydrogens is 396 g/mol. The van der Waals surface area contributed by atoms with E-state index in [2.05, 4.69) is 25.6 Å². The number of carbonyl (C=O) groups is 1. The van der Waals surface area contributed by atoms with E-state index in [1.54, 1.807) is 22.8 Å². The fourth-order valence-corrected chi connectivity index (χ4v) is 3.34. The average Bonchev–Trinajstić information content (AvgIpc) is 3.15. The van der Waals surface area contributed by atoms with Crippen molar-refractivity contribution in [2.75, 3.05) is 5.75 Å². The van der Waals surface area contributed by atoms with Crippen molar-refractivity contribution in [3.63, 3.8) is 0 Å². The van der Waals surface area contributed by atoms with E-state index in [1.807, 2.05) is 42.5 Å². The van der Waals surface area contributed by atoms with Gasteiger partial charge in [-0.2, -0.15) is 9.61 Å². The molecule has 0 spiro atoms. The molecule has 140 valence electrons. The molecule has 0 radical (unpaired) electrons. The molecule has 1 amide bonds. The van der Waals surface area contributed by atoms with Gasteiger partial charge in [-0.1, -0.05) is 41.6 Å². The van der Waals surface area contributed by atoms with Crippen molar-refractivity contribution in [2.24, 2.45) is 0 Å². The molecule has 28 heavy (non-hydrogen) atoms. The van der Waals surface area contributed by atoms with Crippen LogP contribution in [0.15, 0.2) is 66.0 Å². The van der Waals surface area contributed by atoms with Crippen molar-refractivity contribution in [3.05, 3.63) is 71.4 Å². The number of carbonyl (C=O) groups excluding carboxylic acids is 1. The molecule has 0 saturated heterocycles. The van der Waals surface area contributed by atoms with Crippen LogP contribution in [0.4, 0.5) is 0 Å². The van der Waals surface area contributed by atoms with Crippen molar-refractivity contribution in [1.29, 1.82) is 0 Å². The summed E-state index contributed by atoms with van der Waals surface area (Å²) in [6.07, 6.45) is 1.72. The number of hydrogen-bond acceptors (Lipinski definition) is 6. The van der Waals surface area contributed by atoms with E-state index in [9.17, 15) is 4.79 Å². The smallest absolute Gasteiger partial charge is 0.230 e. The van der Waals surface area contributed by atoms with Crippen molar-refractivity contribution in [3.8, 4) is 11.4 Å². The Labute approximate surface area is 170 Å². The lowest BCUT2D eigenvalue weighted by Gasteiger charge is -2.05. The highest BCUT2D eigenvalue weighted by atomic mass is 35.5. The van der Waals surface area contributed by atoms with Crippen LogP contribution in [0.1, 0.15) is 5.56 Å². The number of amides is 1. The molecule has 0 bridgehead atoms. The van der Waals surface area contributed by atoms with Gasteiger partial charge in [0.05, 0.1) is 11.4 Å². The van der Waals surface area contributed by atoms with E-state index in [-0.39, 0.29) is 11.7 Å². The lowest BCUT2D eigenvalue weighted by molar-refractivity contribution is -0.118. The lowest BCUT2D eigenvalue weighted by atomic mass is 10.2. The van der Waals surface area contributed by atoms with Crippen molar-refractivity contribution >= 4 is 34.9 Å². The Morgan fingerprint density at radius 2 is 1.89 bits per heavy atom. The third-order valence-corrected chi connectivity index (χ3v) is 5.07. The normalized spacial score (nSPS) is 10.9. The molecule has 1 N–H and O–H groups in total. The van der Waals surface area contributed by atoms with E-state index < -0.39 is 0 Å². The number of rotatable bonds is 6. The molecule has 1 aromatic carbocycles. The zero-order chi connectivity index (χ0) is 19.3. The van der Waals surface area contributed by atoms with E-state index in [0.717, 1.165) is 11.3 Å². The van der Waals surface area contributed by atoms with Crippen molar-refractivity contribution in [1.82, 2.24) is 30.1 Å². The minimum Gasteiger partial charge on any atom is -0.351 e. The summed E-state index contributed by atoms with van der Waals surface area (Å²) in [5.74, 6) is 0.113. The molecule has 3 heterocycles. The van der Waals surface area contributed by atoms with Gasteiger partial charge in [0, 0.05) is 17.8 Å². The molecule has 0 aliphatic rings. The van der Waals surface area contributed by atoms with Crippen molar-refractivity contribution < 1.29 is 4.79 Å². The summed E-state index contributed by atoms with van der Waals surface area (Å²) in [4.78, 5) is 16.5. The molecule has 0 atom stereocenters. The van der Waals surface area contributed by atoms with Crippen LogP contribution in [0.3, 0.4) is 0 Å². The number of nitrogens with zero attached hydrogens (tertiary/aromatic N) is 5. The van der Waals surface area contributed by atoms with E-state index in [4.69, 9.17) is 11.6 Å². The Bertz CT molecular complexity index is 1100. The maximum Gasteiger partial charge on any atom is 0.230 e. The number of thioether (sulfide) groups is 1. The molecule has 4 rings (SSSR count). The molecule has 0 aliphatic carbocycles. The second kappa shape index (κ2) is 8.37. The molecule has 0 saturated carbocycles. The van der Waals surface area contributed by atoms with Crippen LogP contribution >= 0.6 is 23.4 Å². The number of pyridine rings is 1. The van der Waals surface area contributed by atoms with Gasteiger partial charge in [0.25, 0.3) is 0 Å². The summed E-state index contributed by atoms with van der Waals surface area (Å²) >= 11 is 7.14. The van der Waals surface area contributed by atoms with Crippen LogP contribution in [0, 0.1) is 0 Å². The van der Waals surface area contributed by atoms with Gasteiger partial charge in [0.15, 0.2) is 5.65 Å². The monoisotopic (exact) mass is 410 g/mol. The average molecular weight is 411 g/mol. The Morgan fingerprint density at radius 1 is 1.04 bits per heavy atom. The first-order valence-electron chi connectivity index (χ1n) is 8.47. The molecule has 9 heteroatoms. The maximum atomic E-state index is 12.2. The van der Waals surface area contributed by atoms with Crippen LogP contribution in [-0.4, -0.2) is 36.5 Å². The molecule has 4 aromatic rings. The summed E-state index contributed by atoms with van der Waals surface area (Å²) in [5.41, 5.74) is 3.07. The fourth-order valence-electron chi connectivity index (χ4n) is 2.49. The second-order valence-corrected chi connectivity index (χ2v) is 7.26. The van der Waals surface area contributed by atoms with Crippen LogP contribution in [0.2, 0.25) is 5.02 Å². The van der Waals surface area contributed by atoms with Gasteiger partial charge in [-0.15, -0.1) is 10.2 Å². The minimum atomic E-state index is -0.0995. The second-order valence-electron chi connectivity index (χ2n) is 5.88. The van der Waals surface area contributed by atoms with Gasteiger partial charge < -0.3 is 5.32 Å². The van der Waals surface area contributed by atoms with E-state index >= 15 is 0 Å². The van der Waals surface area contributed by atoms with Gasteiger partial charge in [-0.25, -0.2) is 0 Å². The SMILES string of the molecule is O=C(CSc1nnc2ccc(-c3ccccn3)nn12)NCc1ccc(Cl)cc1. The van der Waals surface area contributed by atoms with Crippen LogP contribution in [-0.2, 0) is 11.3 Å². The Kier molecular flexibility index (Phi) is 5.50. The largest absolute Gasteiger partial charge is 0.351 e. The fraction of sp³-hybridized carbons (Fsp3) is 0.105. The first-order valence-corrected chi connectivity index (χ1v) is 9.83. The quantitative estimate of drug-likeness (QED) is 0.491. The van der Waals surface area contributed by atoms with Crippen molar-refractivity contribution in [2.45, 2.75) is 11.7 Å². The van der Waals surface area contributed by atoms with E-state index in [0.29, 0.717) is 28.1 Å². The summed E-state index contributed by atoms with van der Waals surface area (Å²) in [6.45, 7) is 0.444. The number of hydrogen-bond donors (Lipinski definition) is 1. The van der Waals surface area contributed by atoms with Crippen LogP contribution < -0.4 is 5.32 Å². The summed E-state index contributed by atoms with van der Waals surface area (Å²) in [7, 11) is 0. The predicted octanol–water partition coefficient (Wildman–Crippen LogP) is 3.25. The highest BCUT2D eigenvalue weighted by Crippen LogP contribution is 2.19. The lowest BCUT2D eigenvalue weighted by Crippen LogP contribution is -2.24. The zero-order valence-corrected chi connectivity index (χ0v) is 16.2. The summed E-state index contributed by atoms with van der Waals surface area (Å²) < 4.78 is 1.63. The maximum absolute atomic E-state index is 12.2. The van der Waals surface area contributed by atoms with Gasteiger partial charge in [-0.05, 0) is 42.0 Å². The summed E-state index contributed by atoms with van der Waals surface area (Å²) in [5, 5.41) is 16.9. The molecular formula is C19H15ClN6OS. The number of benzene rings is 1. The Hall–Kier alpha value is -2.97. The number of fused-ring (bicyclic) bond motifs is 1. The molecule has 0 fully saturated rings. The first-order chi connectivity index (χ1) is 13.7. The van der Waals surface area contributed by atoms with Gasteiger partial charge in [0.1, 0.15) is 5.69 Å². The third kappa shape index (κ3) is 4.29. The predicted molar refractivity (Wildman–Crippen MR) is 108 cm³/mol. The summed E-state index contributed by atoms with van der Waals surface area (Å²) in [6, 6.07) is 16.7. The topological polar surface area (TPSA) is 85.1 Å². The third-order valence-electron chi connectivity index (χ3n) is 3.90. The number of nitrogens with one attached hydrogen (secondary N) is 1. The Balaban J connectivity index is 1.41. The molecule has 0 aliphatic heterocycles. The molecule has 7 nitrogen and oxygen atoms in total. The molecule has 0 unspecified atom stereocenters.